The van der Waals surface area contributed by atoms with Gasteiger partial charge in [-0.05, 0) is 40.5 Å². The maximum Gasteiger partial charge on any atom is 0.101 e. The first-order valence-electron chi connectivity index (χ1n) is 3.45. The van der Waals surface area contributed by atoms with E-state index >= 15 is 0 Å². The zero-order valence-electron chi connectivity index (χ0n) is 6.55. The van der Waals surface area contributed by atoms with Crippen molar-refractivity contribution in [2.24, 2.45) is 5.90 Å². The molecule has 0 bridgehead atoms. The lowest BCUT2D eigenvalue weighted by Gasteiger charge is -2.09. The lowest BCUT2D eigenvalue weighted by Crippen LogP contribution is -2.05. The fourth-order valence-electron chi connectivity index (χ4n) is 0.844. The molecule has 1 aromatic carbocycles. The highest BCUT2D eigenvalue weighted by molar-refractivity contribution is 9.10. The molecule has 66 valence electrons. The molecule has 1 unspecified atom stereocenters. The van der Waals surface area contributed by atoms with Crippen molar-refractivity contribution < 1.29 is 4.84 Å². The molecule has 2 N–H and O–H groups in total. The molecule has 12 heavy (non-hydrogen) atoms. The molecule has 1 atom stereocenters. The zero-order valence-corrected chi connectivity index (χ0v) is 8.89. The van der Waals surface area contributed by atoms with Gasteiger partial charge in [0.15, 0.2) is 0 Å². The minimum atomic E-state index is -0.129. The Labute approximate surface area is 84.7 Å². The van der Waals surface area contributed by atoms with E-state index in [2.05, 4.69) is 20.8 Å². The Hall–Kier alpha value is -0.0900. The highest BCUT2D eigenvalue weighted by Crippen LogP contribution is 2.26. The van der Waals surface area contributed by atoms with Crippen molar-refractivity contribution in [1.82, 2.24) is 0 Å². The van der Waals surface area contributed by atoms with Gasteiger partial charge in [0.2, 0.25) is 0 Å². The molecule has 0 spiro atoms. The summed E-state index contributed by atoms with van der Waals surface area (Å²) >= 11 is 9.17. The Kier molecular flexibility index (Phi) is 3.53. The van der Waals surface area contributed by atoms with Crippen LogP contribution >= 0.6 is 27.5 Å². The summed E-state index contributed by atoms with van der Waals surface area (Å²) in [6, 6.07) is 5.60. The molecule has 0 heterocycles. The second-order valence-corrected chi connectivity index (χ2v) is 3.71. The first-order valence-corrected chi connectivity index (χ1v) is 4.62. The van der Waals surface area contributed by atoms with Crippen LogP contribution in [0.25, 0.3) is 0 Å². The van der Waals surface area contributed by atoms with Crippen LogP contribution in [0, 0.1) is 0 Å². The predicted molar refractivity (Wildman–Crippen MR) is 52.8 cm³/mol. The Bertz CT molecular complexity index is 280. The molecule has 1 aromatic rings. The number of halogens is 2. The van der Waals surface area contributed by atoms with Crippen LogP contribution in [0.4, 0.5) is 0 Å². The van der Waals surface area contributed by atoms with Crippen molar-refractivity contribution in [2.75, 3.05) is 0 Å². The first-order chi connectivity index (χ1) is 5.65. The van der Waals surface area contributed by atoms with Crippen molar-refractivity contribution >= 4 is 27.5 Å². The first kappa shape index (κ1) is 9.99. The highest BCUT2D eigenvalue weighted by atomic mass is 79.9. The number of nitrogens with two attached hydrogens (primary N) is 1. The minimum absolute atomic E-state index is 0.129. The van der Waals surface area contributed by atoms with Crippen molar-refractivity contribution in [2.45, 2.75) is 13.0 Å². The summed E-state index contributed by atoms with van der Waals surface area (Å²) in [6.07, 6.45) is -0.129. The van der Waals surface area contributed by atoms with Gasteiger partial charge in [-0.15, -0.1) is 0 Å². The average molecular weight is 251 g/mol. The maximum atomic E-state index is 5.87. The molecule has 1 rings (SSSR count). The lowest BCUT2D eigenvalue weighted by molar-refractivity contribution is 0.0664. The summed E-state index contributed by atoms with van der Waals surface area (Å²) in [4.78, 5) is 4.66. The zero-order chi connectivity index (χ0) is 9.14. The third-order valence-electron chi connectivity index (χ3n) is 1.62. The number of hydrogen-bond donors (Lipinski definition) is 1. The van der Waals surface area contributed by atoms with Gasteiger partial charge in [0, 0.05) is 4.47 Å². The standard InChI is InChI=1S/C8H9BrClNO/c1-5(12-11)6-2-3-7(9)8(10)4-6/h2-5H,11H2,1H3. The normalized spacial score (nSPS) is 13.0. The molecular weight excluding hydrogens is 241 g/mol. The van der Waals surface area contributed by atoms with Gasteiger partial charge in [0.05, 0.1) is 5.02 Å². The van der Waals surface area contributed by atoms with Gasteiger partial charge in [-0.1, -0.05) is 17.7 Å². The fourth-order valence-corrected chi connectivity index (χ4v) is 1.28. The minimum Gasteiger partial charge on any atom is -0.297 e. The van der Waals surface area contributed by atoms with Gasteiger partial charge in [0.1, 0.15) is 6.10 Å². The van der Waals surface area contributed by atoms with E-state index in [9.17, 15) is 0 Å². The van der Waals surface area contributed by atoms with Crippen LogP contribution in [0.3, 0.4) is 0 Å². The quantitative estimate of drug-likeness (QED) is 0.819. The van der Waals surface area contributed by atoms with E-state index in [-0.39, 0.29) is 6.10 Å². The van der Waals surface area contributed by atoms with E-state index in [1.807, 2.05) is 25.1 Å². The monoisotopic (exact) mass is 249 g/mol. The molecule has 0 aliphatic heterocycles. The number of hydrogen-bond acceptors (Lipinski definition) is 2. The molecule has 4 heteroatoms. The summed E-state index contributed by atoms with van der Waals surface area (Å²) in [5.41, 5.74) is 0.964. The molecule has 0 fully saturated rings. The molecule has 0 aromatic heterocycles. The molecular formula is C8H9BrClNO. The third-order valence-corrected chi connectivity index (χ3v) is 2.85. The second kappa shape index (κ2) is 4.23. The Balaban J connectivity index is 2.96. The van der Waals surface area contributed by atoms with Gasteiger partial charge < -0.3 is 0 Å². The second-order valence-electron chi connectivity index (χ2n) is 2.45. The van der Waals surface area contributed by atoms with E-state index in [1.54, 1.807) is 0 Å². The molecule has 2 nitrogen and oxygen atoms in total. The summed E-state index contributed by atoms with van der Waals surface area (Å²) in [5, 5.41) is 0.663. The van der Waals surface area contributed by atoms with Gasteiger partial charge in [-0.25, -0.2) is 5.90 Å². The average Bonchev–Trinajstić information content (AvgIpc) is 2.08. The Morgan fingerprint density at radius 1 is 1.58 bits per heavy atom. The number of rotatable bonds is 2. The van der Waals surface area contributed by atoms with E-state index in [0.717, 1.165) is 10.0 Å². The SMILES string of the molecule is CC(ON)c1ccc(Br)c(Cl)c1. The van der Waals surface area contributed by atoms with Crippen LogP contribution in [0.1, 0.15) is 18.6 Å². The topological polar surface area (TPSA) is 35.2 Å². The smallest absolute Gasteiger partial charge is 0.101 e. The molecule has 0 aliphatic carbocycles. The molecule has 0 aliphatic rings. The van der Waals surface area contributed by atoms with Crippen LogP contribution in [0.15, 0.2) is 22.7 Å². The summed E-state index contributed by atoms with van der Waals surface area (Å²) in [5.74, 6) is 5.04. The van der Waals surface area contributed by atoms with Crippen LogP contribution in [0.2, 0.25) is 5.02 Å². The molecule has 0 saturated heterocycles. The largest absolute Gasteiger partial charge is 0.297 e. The van der Waals surface area contributed by atoms with E-state index in [0.29, 0.717) is 5.02 Å². The van der Waals surface area contributed by atoms with E-state index in [1.165, 1.54) is 0 Å². The van der Waals surface area contributed by atoms with Crippen molar-refractivity contribution in [3.63, 3.8) is 0 Å². The van der Waals surface area contributed by atoms with Gasteiger partial charge in [-0.2, -0.15) is 0 Å². The van der Waals surface area contributed by atoms with Crippen LogP contribution < -0.4 is 5.90 Å². The predicted octanol–water partition coefficient (Wildman–Crippen LogP) is 3.05. The van der Waals surface area contributed by atoms with Gasteiger partial charge in [-0.3, -0.25) is 4.84 Å². The highest BCUT2D eigenvalue weighted by Gasteiger charge is 2.05. The van der Waals surface area contributed by atoms with Crippen LogP contribution in [-0.4, -0.2) is 0 Å². The van der Waals surface area contributed by atoms with Crippen molar-refractivity contribution in [3.8, 4) is 0 Å². The van der Waals surface area contributed by atoms with Gasteiger partial charge >= 0.3 is 0 Å². The Morgan fingerprint density at radius 2 is 2.25 bits per heavy atom. The van der Waals surface area contributed by atoms with Crippen LogP contribution in [-0.2, 0) is 4.84 Å². The molecule has 0 amide bonds. The fraction of sp³-hybridized carbons (Fsp3) is 0.250. The maximum absolute atomic E-state index is 5.87. The summed E-state index contributed by atoms with van der Waals surface area (Å²) in [6.45, 7) is 1.86. The molecule has 0 saturated carbocycles. The third kappa shape index (κ3) is 2.20. The van der Waals surface area contributed by atoms with Crippen LogP contribution in [0.5, 0.6) is 0 Å². The van der Waals surface area contributed by atoms with Gasteiger partial charge in [0.25, 0.3) is 0 Å². The molecule has 0 radical (unpaired) electrons. The summed E-state index contributed by atoms with van der Waals surface area (Å²) in [7, 11) is 0. The van der Waals surface area contributed by atoms with E-state index in [4.69, 9.17) is 17.5 Å². The van der Waals surface area contributed by atoms with Crippen molar-refractivity contribution in [3.05, 3.63) is 33.3 Å². The van der Waals surface area contributed by atoms with E-state index < -0.39 is 0 Å². The number of benzene rings is 1. The summed E-state index contributed by atoms with van der Waals surface area (Å²) < 4.78 is 0.872. The Morgan fingerprint density at radius 3 is 2.75 bits per heavy atom. The lowest BCUT2D eigenvalue weighted by atomic mass is 10.1. The van der Waals surface area contributed by atoms with Crippen molar-refractivity contribution in [1.29, 1.82) is 0 Å².